The van der Waals surface area contributed by atoms with E-state index in [2.05, 4.69) is 0 Å². The van der Waals surface area contributed by atoms with Crippen LogP contribution in [0.15, 0.2) is 54.6 Å². The van der Waals surface area contributed by atoms with E-state index in [0.29, 0.717) is 32.5 Å². The van der Waals surface area contributed by atoms with Crippen LogP contribution in [0.5, 0.6) is 0 Å². The molecular formula is C24H30N2O3. The van der Waals surface area contributed by atoms with Crippen molar-refractivity contribution in [1.29, 1.82) is 0 Å². The minimum atomic E-state index is 0.0663. The molecule has 2 aromatic carbocycles. The molecule has 0 saturated carbocycles. The lowest BCUT2D eigenvalue weighted by atomic mass is 10.0. The Labute approximate surface area is 172 Å². The number of nitrogens with zero attached hydrogens (tertiary/aromatic N) is 1. The second kappa shape index (κ2) is 10.8. The number of benzene rings is 2. The number of carbonyl (C=O) groups excluding carboxylic acids is 2. The first-order valence-electron chi connectivity index (χ1n) is 10.4. The van der Waals surface area contributed by atoms with Gasteiger partial charge in [-0.3, -0.25) is 9.59 Å². The highest BCUT2D eigenvalue weighted by molar-refractivity contribution is 5.85. The lowest BCUT2D eigenvalue weighted by molar-refractivity contribution is -0.135. The van der Waals surface area contributed by atoms with Gasteiger partial charge >= 0.3 is 0 Å². The third-order valence-corrected chi connectivity index (χ3v) is 5.41. The summed E-state index contributed by atoms with van der Waals surface area (Å²) in [6.07, 6.45) is 3.70. The lowest BCUT2D eigenvalue weighted by Gasteiger charge is -2.24. The summed E-state index contributed by atoms with van der Waals surface area (Å²) in [6.45, 7) is 1.87. The van der Waals surface area contributed by atoms with Crippen molar-refractivity contribution in [3.8, 4) is 0 Å². The fourth-order valence-electron chi connectivity index (χ4n) is 3.71. The van der Waals surface area contributed by atoms with Gasteiger partial charge in [-0.05, 0) is 42.5 Å². The Morgan fingerprint density at radius 2 is 1.72 bits per heavy atom. The number of rotatable bonds is 10. The minimum Gasteiger partial charge on any atom is -0.399 e. The molecule has 1 heterocycles. The highest BCUT2D eigenvalue weighted by Gasteiger charge is 2.28. The molecule has 2 aromatic rings. The molecule has 3 rings (SSSR count). The number of hydrogen-bond donors (Lipinski definition) is 1. The number of hydrogen-bond acceptors (Lipinski definition) is 4. The van der Waals surface area contributed by atoms with Gasteiger partial charge in [-0.25, -0.2) is 0 Å². The van der Waals surface area contributed by atoms with Crippen molar-refractivity contribution in [2.45, 2.75) is 51.2 Å². The highest BCUT2D eigenvalue weighted by atomic mass is 16.5. The third kappa shape index (κ3) is 6.71. The fraction of sp³-hybridized carbons (Fsp3) is 0.417. The lowest BCUT2D eigenvalue weighted by Crippen LogP contribution is -2.38. The fourth-order valence-corrected chi connectivity index (χ4v) is 3.71. The molecule has 1 amide bonds. The molecule has 1 saturated heterocycles. The number of ether oxygens (including phenoxy) is 1. The number of ketones is 1. The Bertz CT molecular complexity index is 790. The molecule has 0 radical (unpaired) electrons. The van der Waals surface area contributed by atoms with Gasteiger partial charge < -0.3 is 15.4 Å². The monoisotopic (exact) mass is 394 g/mol. The van der Waals surface area contributed by atoms with Crippen molar-refractivity contribution in [1.82, 2.24) is 4.90 Å². The summed E-state index contributed by atoms with van der Waals surface area (Å²) in [5, 5.41) is 0. The smallest absolute Gasteiger partial charge is 0.223 e. The summed E-state index contributed by atoms with van der Waals surface area (Å²) in [5.41, 5.74) is 8.62. The van der Waals surface area contributed by atoms with E-state index in [1.54, 1.807) is 0 Å². The van der Waals surface area contributed by atoms with Gasteiger partial charge in [0.15, 0.2) is 0 Å². The van der Waals surface area contributed by atoms with Crippen LogP contribution >= 0.6 is 0 Å². The number of anilines is 1. The van der Waals surface area contributed by atoms with Crippen molar-refractivity contribution in [2.75, 3.05) is 18.9 Å². The molecule has 1 atom stereocenters. The van der Waals surface area contributed by atoms with Gasteiger partial charge in [0.05, 0.1) is 19.3 Å². The van der Waals surface area contributed by atoms with Gasteiger partial charge in [-0.1, -0.05) is 42.5 Å². The van der Waals surface area contributed by atoms with Crippen molar-refractivity contribution in [2.24, 2.45) is 0 Å². The van der Waals surface area contributed by atoms with Crippen molar-refractivity contribution < 1.29 is 14.3 Å². The number of nitrogens with two attached hydrogens (primary N) is 1. The molecular weight excluding hydrogens is 364 g/mol. The van der Waals surface area contributed by atoms with Gasteiger partial charge in [-0.2, -0.15) is 0 Å². The largest absolute Gasteiger partial charge is 0.399 e. The van der Waals surface area contributed by atoms with Gasteiger partial charge in [-0.15, -0.1) is 0 Å². The average Bonchev–Trinajstić information content (AvgIpc) is 3.21. The van der Waals surface area contributed by atoms with Crippen LogP contribution in [0.4, 0.5) is 5.69 Å². The van der Waals surface area contributed by atoms with E-state index in [1.165, 1.54) is 0 Å². The van der Waals surface area contributed by atoms with Crippen LogP contribution in [0.3, 0.4) is 0 Å². The molecule has 0 bridgehead atoms. The summed E-state index contributed by atoms with van der Waals surface area (Å²) in [6, 6.07) is 17.7. The Balaban J connectivity index is 1.37. The van der Waals surface area contributed by atoms with Gasteiger partial charge in [0.25, 0.3) is 0 Å². The zero-order valence-corrected chi connectivity index (χ0v) is 16.9. The molecule has 5 heteroatoms. The van der Waals surface area contributed by atoms with Crippen LogP contribution in [0.25, 0.3) is 0 Å². The van der Waals surface area contributed by atoms with Crippen LogP contribution in [-0.2, 0) is 27.4 Å². The van der Waals surface area contributed by atoms with E-state index in [9.17, 15) is 9.59 Å². The quantitative estimate of drug-likeness (QED) is 0.623. The molecule has 154 valence electrons. The van der Waals surface area contributed by atoms with Crippen LogP contribution in [0.2, 0.25) is 0 Å². The van der Waals surface area contributed by atoms with Gasteiger partial charge in [0.1, 0.15) is 5.78 Å². The van der Waals surface area contributed by atoms with E-state index in [-0.39, 0.29) is 24.2 Å². The van der Waals surface area contributed by atoms with Crippen LogP contribution in [0.1, 0.15) is 43.2 Å². The zero-order chi connectivity index (χ0) is 20.5. The number of aryl methyl sites for hydroxylation is 1. The van der Waals surface area contributed by atoms with Crippen molar-refractivity contribution in [3.05, 3.63) is 65.7 Å². The first-order valence-corrected chi connectivity index (χ1v) is 10.4. The maximum absolute atomic E-state index is 12.6. The minimum absolute atomic E-state index is 0.0663. The summed E-state index contributed by atoms with van der Waals surface area (Å²) in [4.78, 5) is 26.7. The Morgan fingerprint density at radius 1 is 0.966 bits per heavy atom. The molecule has 0 aliphatic carbocycles. The third-order valence-electron chi connectivity index (χ3n) is 5.41. The molecule has 1 aliphatic rings. The molecule has 5 nitrogen and oxygen atoms in total. The standard InChI is InChI=1S/C24H30N2O3/c25-21-11-8-19(9-12-21)10-13-23(27)14-15-24(28)26-16-4-7-22(26)18-29-17-20-5-2-1-3-6-20/h1-3,5-6,8-9,11-12,22H,4,7,10,13-18,25H2. The first kappa shape index (κ1) is 21.1. The molecule has 0 spiro atoms. The molecule has 0 aromatic heterocycles. The summed E-state index contributed by atoms with van der Waals surface area (Å²) in [7, 11) is 0. The number of Topliss-reactive ketones (excluding diaryl/α,β-unsaturated/α-hetero) is 1. The van der Waals surface area contributed by atoms with E-state index < -0.39 is 0 Å². The van der Waals surface area contributed by atoms with Gasteiger partial charge in [0, 0.05) is 31.5 Å². The normalized spacial score (nSPS) is 16.1. The molecule has 2 N–H and O–H groups in total. The zero-order valence-electron chi connectivity index (χ0n) is 16.9. The maximum Gasteiger partial charge on any atom is 0.223 e. The van der Waals surface area contributed by atoms with Gasteiger partial charge in [0.2, 0.25) is 5.91 Å². The number of amides is 1. The molecule has 1 unspecified atom stereocenters. The first-order chi connectivity index (χ1) is 14.1. The molecule has 1 aliphatic heterocycles. The summed E-state index contributed by atoms with van der Waals surface area (Å²) < 4.78 is 5.84. The predicted octanol–water partition coefficient (Wildman–Crippen LogP) is 3.76. The molecule has 1 fully saturated rings. The van der Waals surface area contributed by atoms with Crippen molar-refractivity contribution in [3.63, 3.8) is 0 Å². The summed E-state index contributed by atoms with van der Waals surface area (Å²) >= 11 is 0. The van der Waals surface area contributed by atoms with Crippen molar-refractivity contribution >= 4 is 17.4 Å². The van der Waals surface area contributed by atoms with Crippen LogP contribution in [0, 0.1) is 0 Å². The SMILES string of the molecule is Nc1ccc(CCC(=O)CCC(=O)N2CCCC2COCc2ccccc2)cc1. The van der Waals surface area contributed by atoms with E-state index in [4.69, 9.17) is 10.5 Å². The van der Waals surface area contributed by atoms with E-state index in [0.717, 1.165) is 36.2 Å². The highest BCUT2D eigenvalue weighted by Crippen LogP contribution is 2.20. The van der Waals surface area contributed by atoms with E-state index >= 15 is 0 Å². The second-order valence-electron chi connectivity index (χ2n) is 7.66. The topological polar surface area (TPSA) is 72.6 Å². The van der Waals surface area contributed by atoms with E-state index in [1.807, 2.05) is 59.5 Å². The van der Waals surface area contributed by atoms with Crippen LogP contribution < -0.4 is 5.73 Å². The molecule has 29 heavy (non-hydrogen) atoms. The Hall–Kier alpha value is -2.66. The Kier molecular flexibility index (Phi) is 7.82. The summed E-state index contributed by atoms with van der Waals surface area (Å²) in [5.74, 6) is 0.197. The number of nitrogen functional groups attached to an aromatic ring is 1. The Morgan fingerprint density at radius 3 is 2.48 bits per heavy atom. The average molecular weight is 395 g/mol. The number of likely N-dealkylation sites (tertiary alicyclic amines) is 1. The second-order valence-corrected chi connectivity index (χ2v) is 7.66. The maximum atomic E-state index is 12.6. The predicted molar refractivity (Wildman–Crippen MR) is 114 cm³/mol. The van der Waals surface area contributed by atoms with Crippen LogP contribution in [-0.4, -0.2) is 35.8 Å². The number of carbonyl (C=O) groups is 2.